The number of benzene rings is 1. The molecule has 3 rings (SSSR count). The molecule has 0 unspecified atom stereocenters. The standard InChI is InChI=1S/C18H20N2O3S/c1-2-23-18(22)20-11-9-19(10-12-20)17(21)16-15(8-13-24-16)14-6-4-3-5-7-14/h3-8,13H,2,9-12H2,1H3. The summed E-state index contributed by atoms with van der Waals surface area (Å²) in [6.07, 6.45) is -0.300. The van der Waals surface area contributed by atoms with Gasteiger partial charge in [-0.2, -0.15) is 0 Å². The van der Waals surface area contributed by atoms with Crippen LogP contribution in [0.1, 0.15) is 16.6 Å². The lowest BCUT2D eigenvalue weighted by atomic mass is 10.1. The minimum Gasteiger partial charge on any atom is -0.450 e. The van der Waals surface area contributed by atoms with Crippen molar-refractivity contribution < 1.29 is 14.3 Å². The number of carbonyl (C=O) groups is 2. The third kappa shape index (κ3) is 3.43. The van der Waals surface area contributed by atoms with Crippen LogP contribution in [-0.4, -0.2) is 54.6 Å². The number of amides is 2. The van der Waals surface area contributed by atoms with E-state index in [9.17, 15) is 9.59 Å². The number of ether oxygens (including phenoxy) is 1. The van der Waals surface area contributed by atoms with E-state index in [0.717, 1.165) is 16.0 Å². The first-order chi connectivity index (χ1) is 11.7. The summed E-state index contributed by atoms with van der Waals surface area (Å²) < 4.78 is 5.01. The van der Waals surface area contributed by atoms with Crippen LogP contribution in [0.25, 0.3) is 11.1 Å². The molecule has 126 valence electrons. The molecule has 1 fully saturated rings. The zero-order chi connectivity index (χ0) is 16.9. The Morgan fingerprint density at radius 1 is 1.04 bits per heavy atom. The second-order valence-electron chi connectivity index (χ2n) is 5.51. The highest BCUT2D eigenvalue weighted by atomic mass is 32.1. The third-order valence-electron chi connectivity index (χ3n) is 4.04. The van der Waals surface area contributed by atoms with Crippen LogP contribution in [0.3, 0.4) is 0 Å². The topological polar surface area (TPSA) is 49.9 Å². The van der Waals surface area contributed by atoms with Gasteiger partial charge in [0.15, 0.2) is 0 Å². The zero-order valence-electron chi connectivity index (χ0n) is 13.6. The highest BCUT2D eigenvalue weighted by Crippen LogP contribution is 2.29. The lowest BCUT2D eigenvalue weighted by Crippen LogP contribution is -2.50. The second kappa shape index (κ2) is 7.49. The van der Waals surface area contributed by atoms with E-state index >= 15 is 0 Å². The molecular formula is C18H20N2O3S. The normalized spacial score (nSPS) is 14.5. The Hall–Kier alpha value is -2.34. The monoisotopic (exact) mass is 344 g/mol. The Morgan fingerprint density at radius 2 is 1.71 bits per heavy atom. The summed E-state index contributed by atoms with van der Waals surface area (Å²) in [5.74, 6) is 0.0346. The first kappa shape index (κ1) is 16.5. The molecule has 1 aliphatic heterocycles. The summed E-state index contributed by atoms with van der Waals surface area (Å²) in [7, 11) is 0. The minimum atomic E-state index is -0.300. The number of carbonyl (C=O) groups excluding carboxylic acids is 2. The number of thiophene rings is 1. The molecule has 1 aromatic heterocycles. The molecule has 0 aliphatic carbocycles. The van der Waals surface area contributed by atoms with Crippen molar-refractivity contribution in [3.05, 3.63) is 46.7 Å². The molecule has 6 heteroatoms. The van der Waals surface area contributed by atoms with Crippen LogP contribution >= 0.6 is 11.3 Å². The Bertz CT molecular complexity index is 706. The molecule has 1 saturated heterocycles. The van der Waals surface area contributed by atoms with Gasteiger partial charge >= 0.3 is 6.09 Å². The fourth-order valence-electron chi connectivity index (χ4n) is 2.77. The van der Waals surface area contributed by atoms with E-state index in [-0.39, 0.29) is 12.0 Å². The van der Waals surface area contributed by atoms with Crippen LogP contribution in [0.4, 0.5) is 4.79 Å². The summed E-state index contributed by atoms with van der Waals surface area (Å²) in [4.78, 5) is 28.8. The number of piperazine rings is 1. The van der Waals surface area contributed by atoms with E-state index in [1.54, 1.807) is 11.8 Å². The smallest absolute Gasteiger partial charge is 0.409 e. The van der Waals surface area contributed by atoms with E-state index < -0.39 is 0 Å². The van der Waals surface area contributed by atoms with Crippen molar-refractivity contribution in [3.63, 3.8) is 0 Å². The van der Waals surface area contributed by atoms with Crippen molar-refractivity contribution in [1.29, 1.82) is 0 Å². The lowest BCUT2D eigenvalue weighted by Gasteiger charge is -2.34. The van der Waals surface area contributed by atoms with Gasteiger partial charge in [-0.3, -0.25) is 4.79 Å². The average Bonchev–Trinajstić information content (AvgIpc) is 3.12. The fourth-order valence-corrected chi connectivity index (χ4v) is 3.65. The van der Waals surface area contributed by atoms with Crippen LogP contribution in [0.15, 0.2) is 41.8 Å². The van der Waals surface area contributed by atoms with Gasteiger partial charge in [-0.1, -0.05) is 30.3 Å². The van der Waals surface area contributed by atoms with Gasteiger partial charge in [0.2, 0.25) is 0 Å². The maximum atomic E-state index is 12.9. The molecule has 0 saturated carbocycles. The van der Waals surface area contributed by atoms with Crippen molar-refractivity contribution in [3.8, 4) is 11.1 Å². The maximum Gasteiger partial charge on any atom is 0.409 e. The van der Waals surface area contributed by atoms with E-state index in [0.29, 0.717) is 32.8 Å². The van der Waals surface area contributed by atoms with E-state index in [1.165, 1.54) is 11.3 Å². The van der Waals surface area contributed by atoms with E-state index in [2.05, 4.69) is 0 Å². The SMILES string of the molecule is CCOC(=O)N1CCN(C(=O)c2sccc2-c2ccccc2)CC1. The van der Waals surface area contributed by atoms with Gasteiger partial charge in [-0.05, 0) is 23.9 Å². The summed E-state index contributed by atoms with van der Waals surface area (Å²) in [5.41, 5.74) is 2.02. The van der Waals surface area contributed by atoms with Crippen molar-refractivity contribution in [2.45, 2.75) is 6.92 Å². The van der Waals surface area contributed by atoms with Crippen molar-refractivity contribution in [2.24, 2.45) is 0 Å². The zero-order valence-corrected chi connectivity index (χ0v) is 14.4. The van der Waals surface area contributed by atoms with Crippen molar-refractivity contribution in [1.82, 2.24) is 9.80 Å². The Labute approximate surface area is 145 Å². The summed E-state index contributed by atoms with van der Waals surface area (Å²) in [6.45, 7) is 4.24. The Morgan fingerprint density at radius 3 is 2.38 bits per heavy atom. The first-order valence-corrected chi connectivity index (χ1v) is 8.92. The third-order valence-corrected chi connectivity index (χ3v) is 4.94. The highest BCUT2D eigenvalue weighted by Gasteiger charge is 2.27. The van der Waals surface area contributed by atoms with Gasteiger partial charge in [0.1, 0.15) is 0 Å². The highest BCUT2D eigenvalue weighted by molar-refractivity contribution is 7.12. The maximum absolute atomic E-state index is 12.9. The van der Waals surface area contributed by atoms with E-state index in [1.807, 2.05) is 46.7 Å². The molecule has 0 N–H and O–H groups in total. The average molecular weight is 344 g/mol. The summed E-state index contributed by atoms with van der Waals surface area (Å²) in [5, 5.41) is 1.95. The largest absolute Gasteiger partial charge is 0.450 e. The van der Waals surface area contributed by atoms with Gasteiger partial charge in [0, 0.05) is 31.7 Å². The molecule has 0 radical (unpaired) electrons. The number of nitrogens with zero attached hydrogens (tertiary/aromatic N) is 2. The van der Waals surface area contributed by atoms with Crippen LogP contribution in [-0.2, 0) is 4.74 Å². The van der Waals surface area contributed by atoms with Crippen LogP contribution in [0.2, 0.25) is 0 Å². The molecule has 0 atom stereocenters. The molecule has 1 aromatic carbocycles. The molecule has 0 spiro atoms. The summed E-state index contributed by atoms with van der Waals surface area (Å²) >= 11 is 1.46. The minimum absolute atomic E-state index is 0.0346. The molecule has 2 amide bonds. The lowest BCUT2D eigenvalue weighted by molar-refractivity contribution is 0.0574. The predicted octanol–water partition coefficient (Wildman–Crippen LogP) is 3.33. The molecule has 0 bridgehead atoms. The molecule has 1 aliphatic rings. The van der Waals surface area contributed by atoms with Crippen molar-refractivity contribution >= 4 is 23.3 Å². The fraction of sp³-hybridized carbons (Fsp3) is 0.333. The first-order valence-electron chi connectivity index (χ1n) is 8.04. The van der Waals surface area contributed by atoms with Gasteiger partial charge < -0.3 is 14.5 Å². The van der Waals surface area contributed by atoms with Crippen LogP contribution < -0.4 is 0 Å². The van der Waals surface area contributed by atoms with Crippen LogP contribution in [0.5, 0.6) is 0 Å². The van der Waals surface area contributed by atoms with Crippen LogP contribution in [0, 0.1) is 0 Å². The molecule has 5 nitrogen and oxygen atoms in total. The number of hydrogen-bond acceptors (Lipinski definition) is 4. The molecule has 24 heavy (non-hydrogen) atoms. The molecule has 2 aromatic rings. The van der Waals surface area contributed by atoms with Gasteiger partial charge in [0.25, 0.3) is 5.91 Å². The molecule has 2 heterocycles. The Balaban J connectivity index is 1.69. The molecular weight excluding hydrogens is 324 g/mol. The number of hydrogen-bond donors (Lipinski definition) is 0. The van der Waals surface area contributed by atoms with Crippen molar-refractivity contribution in [2.75, 3.05) is 32.8 Å². The Kier molecular flexibility index (Phi) is 5.15. The van der Waals surface area contributed by atoms with Gasteiger partial charge in [-0.25, -0.2) is 4.79 Å². The second-order valence-corrected chi connectivity index (χ2v) is 6.42. The van der Waals surface area contributed by atoms with Gasteiger partial charge in [-0.15, -0.1) is 11.3 Å². The predicted molar refractivity (Wildman–Crippen MR) is 94.3 cm³/mol. The van der Waals surface area contributed by atoms with Gasteiger partial charge in [0.05, 0.1) is 11.5 Å². The number of rotatable bonds is 3. The quantitative estimate of drug-likeness (QED) is 0.858. The summed E-state index contributed by atoms with van der Waals surface area (Å²) in [6, 6.07) is 11.9. The van der Waals surface area contributed by atoms with E-state index in [4.69, 9.17) is 4.74 Å².